The van der Waals surface area contributed by atoms with E-state index in [1.54, 1.807) is 14.2 Å². The van der Waals surface area contributed by atoms with Crippen molar-refractivity contribution in [3.63, 3.8) is 0 Å². The summed E-state index contributed by atoms with van der Waals surface area (Å²) in [5.74, 6) is 0. The van der Waals surface area contributed by atoms with E-state index in [4.69, 9.17) is 102 Å². The van der Waals surface area contributed by atoms with Gasteiger partial charge in [0.05, 0.1) is 20.1 Å². The second kappa shape index (κ2) is 7.88. The van der Waals surface area contributed by atoms with Gasteiger partial charge in [0.1, 0.15) is 30.7 Å². The van der Waals surface area contributed by atoms with Gasteiger partial charge in [-0.2, -0.15) is 0 Å². The molecule has 0 spiro atoms. The summed E-state index contributed by atoms with van der Waals surface area (Å²) >= 11 is 56.3. The van der Waals surface area contributed by atoms with Crippen molar-refractivity contribution in [2.45, 2.75) is 51.0 Å². The van der Waals surface area contributed by atoms with Gasteiger partial charge in [0.2, 0.25) is 0 Å². The van der Waals surface area contributed by atoms with Crippen molar-refractivity contribution in [1.82, 2.24) is 0 Å². The largest absolute Gasteiger partial charge is 0.373 e. The standard InChI is InChI=1S/C29H20Cl8O2/c1-24(38-3)26(34)16-7-12-5-14-9-18-19(29(37)23(33)22(32)28(18,36)25(29,2)39-4)10-15(14)6-13(12)8-17(11-16)27(24,35)21(31)20(26)30/h5-10H,11H2,1-4H3. The van der Waals surface area contributed by atoms with Gasteiger partial charge in [-0.3, -0.25) is 0 Å². The van der Waals surface area contributed by atoms with Crippen LogP contribution in [-0.2, 0) is 19.2 Å². The maximum absolute atomic E-state index is 7.34. The minimum atomic E-state index is -1.24. The first-order valence-corrected chi connectivity index (χ1v) is 15.2. The molecule has 5 aliphatic carbocycles. The molecular weight excluding hydrogens is 664 g/mol. The quantitative estimate of drug-likeness (QED) is 0.294. The molecule has 10 heteroatoms. The summed E-state index contributed by atoms with van der Waals surface area (Å²) in [5.41, 5.74) is 2.91. The van der Waals surface area contributed by atoms with E-state index < -0.39 is 30.7 Å². The van der Waals surface area contributed by atoms with Crippen LogP contribution in [-0.4, -0.2) is 35.2 Å². The highest BCUT2D eigenvalue weighted by Gasteiger charge is 2.77. The topological polar surface area (TPSA) is 18.5 Å². The van der Waals surface area contributed by atoms with Gasteiger partial charge in [0.25, 0.3) is 0 Å². The number of fused-ring (bicyclic) bond motifs is 13. The Hall–Kier alpha value is -0.1000. The molecule has 4 unspecified atom stereocenters. The lowest BCUT2D eigenvalue weighted by atomic mass is 9.68. The highest BCUT2D eigenvalue weighted by molar-refractivity contribution is 6.54. The predicted molar refractivity (Wildman–Crippen MR) is 165 cm³/mol. The third kappa shape index (κ3) is 2.57. The first kappa shape index (κ1) is 27.7. The Morgan fingerprint density at radius 3 is 1.26 bits per heavy atom. The van der Waals surface area contributed by atoms with E-state index >= 15 is 0 Å². The molecular formula is C29H20Cl8O2. The Bertz CT molecular complexity index is 1590. The monoisotopic (exact) mass is 680 g/mol. The summed E-state index contributed by atoms with van der Waals surface area (Å²) in [6.07, 6.45) is 4.61. The van der Waals surface area contributed by atoms with Crippen LogP contribution in [0, 0.1) is 0 Å². The van der Waals surface area contributed by atoms with Gasteiger partial charge in [-0.25, -0.2) is 0 Å². The van der Waals surface area contributed by atoms with Gasteiger partial charge in [-0.1, -0.05) is 58.6 Å². The van der Waals surface area contributed by atoms with E-state index in [1.807, 2.05) is 26.0 Å². The van der Waals surface area contributed by atoms with Gasteiger partial charge in [0.15, 0.2) is 0 Å². The number of methoxy groups -OCH3 is 2. The van der Waals surface area contributed by atoms with Crippen molar-refractivity contribution in [3.05, 3.63) is 77.8 Å². The molecule has 0 aliphatic heterocycles. The highest BCUT2D eigenvalue weighted by Crippen LogP contribution is 2.75. The molecule has 0 heterocycles. The van der Waals surface area contributed by atoms with Crippen LogP contribution in [0.25, 0.3) is 22.9 Å². The zero-order valence-corrected chi connectivity index (χ0v) is 27.1. The fourth-order valence-electron chi connectivity index (χ4n) is 7.46. The van der Waals surface area contributed by atoms with Gasteiger partial charge in [0, 0.05) is 14.2 Å². The first-order chi connectivity index (χ1) is 18.1. The van der Waals surface area contributed by atoms with Crippen molar-refractivity contribution >= 4 is 116 Å². The normalized spacial score (nSPS) is 41.6. The Morgan fingerprint density at radius 1 is 0.564 bits per heavy atom. The Labute approximate surface area is 266 Å². The summed E-state index contributed by atoms with van der Waals surface area (Å²) in [5, 5.41) is 3.00. The molecule has 2 aromatic rings. The van der Waals surface area contributed by atoms with Crippen LogP contribution in [0.3, 0.4) is 0 Å². The molecule has 0 aromatic heterocycles. The van der Waals surface area contributed by atoms with Crippen LogP contribution < -0.4 is 0 Å². The lowest BCUT2D eigenvalue weighted by molar-refractivity contribution is -0.0243. The van der Waals surface area contributed by atoms with E-state index in [0.29, 0.717) is 6.42 Å². The van der Waals surface area contributed by atoms with Crippen molar-refractivity contribution in [2.75, 3.05) is 14.2 Å². The number of alkyl halides is 4. The van der Waals surface area contributed by atoms with Crippen molar-refractivity contribution in [1.29, 1.82) is 0 Å². The molecule has 4 atom stereocenters. The third-order valence-electron chi connectivity index (χ3n) is 9.89. The third-order valence-corrected chi connectivity index (χ3v) is 15.4. The highest BCUT2D eigenvalue weighted by atomic mass is 35.5. The molecule has 0 saturated heterocycles. The number of rotatable bonds is 2. The van der Waals surface area contributed by atoms with Gasteiger partial charge < -0.3 is 9.47 Å². The van der Waals surface area contributed by atoms with Crippen LogP contribution >= 0.6 is 92.8 Å². The molecule has 6 bridgehead atoms. The Balaban J connectivity index is 1.51. The summed E-state index contributed by atoms with van der Waals surface area (Å²) in [6, 6.07) is 8.21. The van der Waals surface area contributed by atoms with Crippen molar-refractivity contribution in [2.24, 2.45) is 0 Å². The lowest BCUT2D eigenvalue weighted by Gasteiger charge is -2.52. The van der Waals surface area contributed by atoms with E-state index in [-0.39, 0.29) is 20.1 Å². The minimum Gasteiger partial charge on any atom is -0.373 e. The molecule has 2 aromatic carbocycles. The molecule has 39 heavy (non-hydrogen) atoms. The predicted octanol–water partition coefficient (Wildman–Crippen LogP) is 10.1. The SMILES string of the molecule is COC1(C)C2(Cl)C3=Cc4cc5cc6c(cc5cc4C=C(C3)C1(Cl)C(Cl)=C2Cl)C1(Cl)C(Cl)=C(Cl)C6(Cl)C1(C)OC. The molecule has 1 saturated carbocycles. The first-order valence-electron chi connectivity index (χ1n) is 12.2. The summed E-state index contributed by atoms with van der Waals surface area (Å²) in [7, 11) is 3.14. The lowest BCUT2D eigenvalue weighted by Crippen LogP contribution is -2.62. The molecule has 0 N–H and O–H groups in total. The second-order valence-electron chi connectivity index (χ2n) is 11.1. The molecule has 204 valence electrons. The van der Waals surface area contributed by atoms with E-state index in [0.717, 1.165) is 44.2 Å². The zero-order valence-electron chi connectivity index (χ0n) is 21.0. The Morgan fingerprint density at radius 2 is 0.897 bits per heavy atom. The summed E-state index contributed by atoms with van der Waals surface area (Å²) in [6.45, 7) is 3.69. The molecule has 0 radical (unpaired) electrons. The van der Waals surface area contributed by atoms with E-state index in [2.05, 4.69) is 24.3 Å². The van der Waals surface area contributed by atoms with Gasteiger partial charge in [-0.05, 0) is 88.7 Å². The van der Waals surface area contributed by atoms with E-state index in [1.165, 1.54) is 0 Å². The second-order valence-corrected chi connectivity index (χ2v) is 14.9. The minimum absolute atomic E-state index is 0.275. The Kier molecular flexibility index (Phi) is 5.60. The van der Waals surface area contributed by atoms with E-state index in [9.17, 15) is 0 Å². The molecule has 5 aliphatic rings. The summed E-state index contributed by atoms with van der Waals surface area (Å²) < 4.78 is 12.0. The van der Waals surface area contributed by atoms with Crippen molar-refractivity contribution in [3.8, 4) is 0 Å². The maximum atomic E-state index is 7.34. The average Bonchev–Trinajstić information content (AvgIpc) is 3.10. The molecule has 7 rings (SSSR count). The fourth-order valence-corrected chi connectivity index (χ4v) is 11.3. The number of benzene rings is 2. The van der Waals surface area contributed by atoms with Crippen LogP contribution in [0.5, 0.6) is 0 Å². The van der Waals surface area contributed by atoms with Crippen molar-refractivity contribution < 1.29 is 9.47 Å². The molecule has 0 amide bonds. The average molecular weight is 684 g/mol. The maximum Gasteiger partial charge on any atom is 0.137 e. The fraction of sp³-hybridized carbons (Fsp3) is 0.379. The van der Waals surface area contributed by atoms with Gasteiger partial charge >= 0.3 is 0 Å². The number of ether oxygens (including phenoxy) is 2. The summed E-state index contributed by atoms with van der Waals surface area (Å²) in [4.78, 5) is -4.94. The van der Waals surface area contributed by atoms with Crippen LogP contribution in [0.4, 0.5) is 0 Å². The molecule has 2 nitrogen and oxygen atoms in total. The number of halogens is 8. The van der Waals surface area contributed by atoms with Crippen LogP contribution in [0.2, 0.25) is 0 Å². The number of hydrogen-bond donors (Lipinski definition) is 0. The van der Waals surface area contributed by atoms with Crippen LogP contribution in [0.1, 0.15) is 42.5 Å². The smallest absolute Gasteiger partial charge is 0.137 e. The van der Waals surface area contributed by atoms with Crippen LogP contribution in [0.15, 0.2) is 55.5 Å². The number of hydrogen-bond acceptors (Lipinski definition) is 2. The van der Waals surface area contributed by atoms with Gasteiger partial charge in [-0.15, -0.1) is 46.4 Å². The zero-order chi connectivity index (χ0) is 28.3. The molecule has 1 fully saturated rings.